The predicted octanol–water partition coefficient (Wildman–Crippen LogP) is 2.79. The highest BCUT2D eigenvalue weighted by atomic mass is 16.5. The molecule has 0 aliphatic rings. The van der Waals surface area contributed by atoms with E-state index in [0.717, 1.165) is 0 Å². The van der Waals surface area contributed by atoms with E-state index in [1.165, 1.54) is 0 Å². The maximum Gasteiger partial charge on any atom is 0.165 e. The molecule has 0 aromatic carbocycles. The Morgan fingerprint density at radius 1 is 1.08 bits per heavy atom. The second-order valence-electron chi connectivity index (χ2n) is 6.02. The van der Waals surface area contributed by atoms with Crippen LogP contribution in [0.5, 0.6) is 0 Å². The minimum absolute atomic E-state index is 0.0190. The van der Waals surface area contributed by atoms with Crippen molar-refractivity contribution in [3.05, 3.63) is 23.9 Å². The maximum absolute atomic E-state index is 12.0. The molecular weight excluding hydrogens is 308 g/mol. The SMILES string of the molecule is CC(C)OCCOCCOCCNc1cc(C(=O)C(C)C)ccn1. The lowest BCUT2D eigenvalue weighted by Gasteiger charge is -2.10. The molecule has 6 nitrogen and oxygen atoms in total. The Bertz CT molecular complexity index is 478. The van der Waals surface area contributed by atoms with E-state index in [1.807, 2.05) is 27.7 Å². The molecule has 136 valence electrons. The lowest BCUT2D eigenvalue weighted by molar-refractivity contribution is -0.000248. The fourth-order valence-corrected chi connectivity index (χ4v) is 1.93. The van der Waals surface area contributed by atoms with Gasteiger partial charge in [-0.1, -0.05) is 13.8 Å². The lowest BCUT2D eigenvalue weighted by Crippen LogP contribution is -2.15. The summed E-state index contributed by atoms with van der Waals surface area (Å²) in [5, 5.41) is 3.15. The molecule has 6 heteroatoms. The van der Waals surface area contributed by atoms with Crippen molar-refractivity contribution >= 4 is 11.6 Å². The summed E-state index contributed by atoms with van der Waals surface area (Å²) in [6.07, 6.45) is 1.88. The molecule has 1 aromatic heterocycles. The first-order chi connectivity index (χ1) is 11.5. The average molecular weight is 338 g/mol. The molecule has 0 unspecified atom stereocenters. The number of aromatic nitrogens is 1. The predicted molar refractivity (Wildman–Crippen MR) is 94.6 cm³/mol. The number of carbonyl (C=O) groups excluding carboxylic acids is 1. The summed E-state index contributed by atoms with van der Waals surface area (Å²) in [4.78, 5) is 16.2. The van der Waals surface area contributed by atoms with E-state index < -0.39 is 0 Å². The third kappa shape index (κ3) is 8.96. The van der Waals surface area contributed by atoms with Crippen LogP contribution in [-0.2, 0) is 14.2 Å². The largest absolute Gasteiger partial charge is 0.377 e. The number of carbonyl (C=O) groups is 1. The number of pyridine rings is 1. The van der Waals surface area contributed by atoms with Gasteiger partial charge in [0.2, 0.25) is 0 Å². The van der Waals surface area contributed by atoms with Gasteiger partial charge in [0, 0.05) is 24.2 Å². The van der Waals surface area contributed by atoms with Crippen LogP contribution in [0.25, 0.3) is 0 Å². The molecular formula is C18H30N2O4. The fraction of sp³-hybridized carbons (Fsp3) is 0.667. The van der Waals surface area contributed by atoms with Crippen molar-refractivity contribution in [3.8, 4) is 0 Å². The normalized spacial score (nSPS) is 11.2. The standard InChI is InChI=1S/C18H30N2O4/c1-14(2)18(21)16-5-6-19-17(13-16)20-7-8-22-9-10-23-11-12-24-15(3)4/h5-6,13-15H,7-12H2,1-4H3,(H,19,20). The Morgan fingerprint density at radius 2 is 1.75 bits per heavy atom. The number of hydrogen-bond donors (Lipinski definition) is 1. The zero-order valence-electron chi connectivity index (χ0n) is 15.2. The number of Topliss-reactive ketones (excluding diaryl/α,β-unsaturated/α-hetero) is 1. The van der Waals surface area contributed by atoms with Gasteiger partial charge in [-0.3, -0.25) is 4.79 Å². The Hall–Kier alpha value is -1.50. The van der Waals surface area contributed by atoms with Gasteiger partial charge in [-0.2, -0.15) is 0 Å². The molecule has 0 saturated carbocycles. The molecule has 1 rings (SSSR count). The van der Waals surface area contributed by atoms with Crippen molar-refractivity contribution in [1.82, 2.24) is 4.98 Å². The number of nitrogens with zero attached hydrogens (tertiary/aromatic N) is 1. The first kappa shape index (κ1) is 20.5. The topological polar surface area (TPSA) is 69.7 Å². The monoisotopic (exact) mass is 338 g/mol. The van der Waals surface area contributed by atoms with Crippen LogP contribution in [0.15, 0.2) is 18.3 Å². The summed E-state index contributed by atoms with van der Waals surface area (Å²) in [5.74, 6) is 0.789. The summed E-state index contributed by atoms with van der Waals surface area (Å²) in [7, 11) is 0. The Kier molecular flexibility index (Phi) is 10.2. The highest BCUT2D eigenvalue weighted by Gasteiger charge is 2.10. The molecule has 24 heavy (non-hydrogen) atoms. The van der Waals surface area contributed by atoms with Crippen molar-refractivity contribution in [2.75, 3.05) is 44.9 Å². The Morgan fingerprint density at radius 3 is 2.42 bits per heavy atom. The number of hydrogen-bond acceptors (Lipinski definition) is 6. The second kappa shape index (κ2) is 11.9. The van der Waals surface area contributed by atoms with E-state index in [0.29, 0.717) is 51.0 Å². The number of ketones is 1. The summed E-state index contributed by atoms with van der Waals surface area (Å²) in [6.45, 7) is 11.2. The molecule has 0 spiro atoms. The van der Waals surface area contributed by atoms with E-state index in [9.17, 15) is 4.79 Å². The summed E-state index contributed by atoms with van der Waals surface area (Å²) >= 11 is 0. The molecule has 1 heterocycles. The third-order valence-electron chi connectivity index (χ3n) is 3.17. The molecule has 0 atom stereocenters. The molecule has 0 saturated heterocycles. The molecule has 0 aliphatic carbocycles. The Labute approximate surface area is 144 Å². The molecule has 0 fully saturated rings. The molecule has 0 radical (unpaired) electrons. The molecule has 0 amide bonds. The van der Waals surface area contributed by atoms with E-state index >= 15 is 0 Å². The summed E-state index contributed by atoms with van der Waals surface area (Å²) in [6, 6.07) is 3.52. The molecule has 0 aliphatic heterocycles. The summed E-state index contributed by atoms with van der Waals surface area (Å²) < 4.78 is 16.2. The molecule has 0 bridgehead atoms. The highest BCUT2D eigenvalue weighted by molar-refractivity contribution is 5.97. The third-order valence-corrected chi connectivity index (χ3v) is 3.17. The van der Waals surface area contributed by atoms with Crippen LogP contribution in [0, 0.1) is 5.92 Å². The van der Waals surface area contributed by atoms with Crippen molar-refractivity contribution in [2.24, 2.45) is 5.92 Å². The van der Waals surface area contributed by atoms with Crippen molar-refractivity contribution < 1.29 is 19.0 Å². The van der Waals surface area contributed by atoms with Gasteiger partial charge in [0.05, 0.1) is 39.1 Å². The van der Waals surface area contributed by atoms with Crippen LogP contribution >= 0.6 is 0 Å². The van der Waals surface area contributed by atoms with Gasteiger partial charge >= 0.3 is 0 Å². The van der Waals surface area contributed by atoms with Gasteiger partial charge in [-0.15, -0.1) is 0 Å². The lowest BCUT2D eigenvalue weighted by atomic mass is 10.0. The summed E-state index contributed by atoms with van der Waals surface area (Å²) in [5.41, 5.74) is 0.681. The average Bonchev–Trinajstić information content (AvgIpc) is 2.55. The number of anilines is 1. The van der Waals surface area contributed by atoms with Gasteiger partial charge in [-0.25, -0.2) is 4.98 Å². The number of nitrogens with one attached hydrogen (secondary N) is 1. The van der Waals surface area contributed by atoms with Gasteiger partial charge in [-0.05, 0) is 26.0 Å². The van der Waals surface area contributed by atoms with Gasteiger partial charge < -0.3 is 19.5 Å². The van der Waals surface area contributed by atoms with Crippen LogP contribution in [-0.4, -0.2) is 56.5 Å². The zero-order chi connectivity index (χ0) is 17.8. The first-order valence-electron chi connectivity index (χ1n) is 8.52. The first-order valence-corrected chi connectivity index (χ1v) is 8.52. The van der Waals surface area contributed by atoms with Crippen LogP contribution < -0.4 is 5.32 Å². The van der Waals surface area contributed by atoms with Crippen molar-refractivity contribution in [1.29, 1.82) is 0 Å². The van der Waals surface area contributed by atoms with E-state index in [2.05, 4.69) is 10.3 Å². The highest BCUT2D eigenvalue weighted by Crippen LogP contribution is 2.11. The number of rotatable bonds is 13. The van der Waals surface area contributed by atoms with Gasteiger partial charge in [0.15, 0.2) is 5.78 Å². The van der Waals surface area contributed by atoms with E-state index in [4.69, 9.17) is 14.2 Å². The van der Waals surface area contributed by atoms with Crippen LogP contribution in [0.3, 0.4) is 0 Å². The maximum atomic E-state index is 12.0. The minimum Gasteiger partial charge on any atom is -0.377 e. The van der Waals surface area contributed by atoms with Crippen molar-refractivity contribution in [3.63, 3.8) is 0 Å². The second-order valence-corrected chi connectivity index (χ2v) is 6.02. The van der Waals surface area contributed by atoms with Crippen molar-refractivity contribution in [2.45, 2.75) is 33.8 Å². The molecule has 1 aromatic rings. The zero-order valence-corrected chi connectivity index (χ0v) is 15.2. The molecule has 1 N–H and O–H groups in total. The quantitative estimate of drug-likeness (QED) is 0.440. The van der Waals surface area contributed by atoms with Gasteiger partial charge in [0.1, 0.15) is 5.82 Å². The van der Waals surface area contributed by atoms with E-state index in [-0.39, 0.29) is 17.8 Å². The van der Waals surface area contributed by atoms with Crippen LogP contribution in [0.1, 0.15) is 38.1 Å². The van der Waals surface area contributed by atoms with E-state index in [1.54, 1.807) is 18.3 Å². The Balaban J connectivity index is 2.09. The van der Waals surface area contributed by atoms with Gasteiger partial charge in [0.25, 0.3) is 0 Å². The minimum atomic E-state index is -0.0190. The number of ether oxygens (including phenoxy) is 3. The fourth-order valence-electron chi connectivity index (χ4n) is 1.93. The van der Waals surface area contributed by atoms with Crippen LogP contribution in [0.4, 0.5) is 5.82 Å². The van der Waals surface area contributed by atoms with Crippen LogP contribution in [0.2, 0.25) is 0 Å². The smallest absolute Gasteiger partial charge is 0.165 e.